The fraction of sp³-hybridized carbons (Fsp3) is 0.214. The Morgan fingerprint density at radius 3 is 2.64 bits per heavy atom. The van der Waals surface area contributed by atoms with Gasteiger partial charge in [0.15, 0.2) is 0 Å². The normalized spacial score (nSPS) is 16.9. The van der Waals surface area contributed by atoms with E-state index in [1.54, 1.807) is 25.1 Å². The molecule has 2 N–H and O–H groups in total. The molecule has 1 aromatic heterocycles. The van der Waals surface area contributed by atoms with Crippen LogP contribution in [-0.2, 0) is 4.79 Å². The van der Waals surface area contributed by atoms with Gasteiger partial charge in [0, 0.05) is 12.1 Å². The molecule has 1 saturated heterocycles. The second-order valence-corrected chi connectivity index (χ2v) is 5.64. The van der Waals surface area contributed by atoms with Gasteiger partial charge in [-0.15, -0.1) is 0 Å². The molecule has 1 aliphatic heterocycles. The van der Waals surface area contributed by atoms with E-state index in [0.29, 0.717) is 27.9 Å². The van der Waals surface area contributed by atoms with Crippen LogP contribution in [0.5, 0.6) is 0 Å². The van der Waals surface area contributed by atoms with Crippen LogP contribution in [0.2, 0.25) is 10.0 Å². The average Bonchev–Trinajstić information content (AvgIpc) is 2.84. The highest BCUT2D eigenvalue weighted by molar-refractivity contribution is 6.39. The first-order valence-corrected chi connectivity index (χ1v) is 7.24. The molecule has 1 fully saturated rings. The summed E-state index contributed by atoms with van der Waals surface area (Å²) in [5.74, 6) is -0.354. The van der Waals surface area contributed by atoms with E-state index in [1.165, 1.54) is 0 Å². The third-order valence-corrected chi connectivity index (χ3v) is 4.02. The van der Waals surface area contributed by atoms with Crippen LogP contribution in [0.25, 0.3) is 11.3 Å². The zero-order chi connectivity index (χ0) is 15.9. The molecule has 0 saturated carbocycles. The number of amides is 2. The molecule has 2 aromatic rings. The number of nitrogens with zero attached hydrogens (tertiary/aromatic N) is 1. The van der Waals surface area contributed by atoms with Gasteiger partial charge in [-0.25, -0.2) is 0 Å². The van der Waals surface area contributed by atoms with Crippen molar-refractivity contribution in [2.75, 3.05) is 6.54 Å². The molecule has 1 aromatic carbocycles. The van der Waals surface area contributed by atoms with Crippen LogP contribution in [-0.4, -0.2) is 29.6 Å². The second kappa shape index (κ2) is 5.62. The van der Waals surface area contributed by atoms with Crippen molar-refractivity contribution in [2.45, 2.75) is 13.0 Å². The molecule has 0 spiro atoms. The largest absolute Gasteiger partial charge is 0.360 e. The Hall–Kier alpha value is -2.05. The third-order valence-electron chi connectivity index (χ3n) is 3.39. The summed E-state index contributed by atoms with van der Waals surface area (Å²) in [7, 11) is 0. The van der Waals surface area contributed by atoms with Crippen LogP contribution in [0.4, 0.5) is 0 Å². The zero-order valence-corrected chi connectivity index (χ0v) is 13.0. The van der Waals surface area contributed by atoms with Crippen molar-refractivity contribution in [2.24, 2.45) is 0 Å². The number of nitrogens with one attached hydrogen (secondary N) is 2. The first-order valence-electron chi connectivity index (χ1n) is 6.48. The molecule has 0 aliphatic carbocycles. The third kappa shape index (κ3) is 2.44. The van der Waals surface area contributed by atoms with Gasteiger partial charge in [-0.1, -0.05) is 34.4 Å². The highest BCUT2D eigenvalue weighted by Gasteiger charge is 2.32. The van der Waals surface area contributed by atoms with Crippen molar-refractivity contribution in [1.29, 1.82) is 0 Å². The van der Waals surface area contributed by atoms with Crippen molar-refractivity contribution in [1.82, 2.24) is 15.8 Å². The second-order valence-electron chi connectivity index (χ2n) is 4.83. The SMILES string of the molecule is Cc1onc(-c2c(Cl)cccc2Cl)c1C(=O)NC1CNC1=O. The van der Waals surface area contributed by atoms with Crippen molar-refractivity contribution in [3.05, 3.63) is 39.6 Å². The van der Waals surface area contributed by atoms with E-state index in [2.05, 4.69) is 15.8 Å². The van der Waals surface area contributed by atoms with Crippen LogP contribution < -0.4 is 10.6 Å². The van der Waals surface area contributed by atoms with Crippen LogP contribution in [0.3, 0.4) is 0 Å². The fourth-order valence-corrected chi connectivity index (χ4v) is 2.75. The average molecular weight is 340 g/mol. The fourth-order valence-electron chi connectivity index (χ4n) is 2.17. The molecule has 0 bridgehead atoms. The number of hydrogen-bond acceptors (Lipinski definition) is 4. The van der Waals surface area contributed by atoms with E-state index >= 15 is 0 Å². The number of hydrogen-bond donors (Lipinski definition) is 2. The smallest absolute Gasteiger partial charge is 0.257 e. The van der Waals surface area contributed by atoms with Crippen LogP contribution in [0.15, 0.2) is 22.7 Å². The lowest BCUT2D eigenvalue weighted by Crippen LogP contribution is -2.61. The molecule has 6 nitrogen and oxygen atoms in total. The standard InChI is InChI=1S/C14H11Cl2N3O3/c1-6-10(14(21)18-9-5-17-13(9)20)12(19-22-6)11-7(15)3-2-4-8(11)16/h2-4,9H,5H2,1H3,(H,17,20)(H,18,21). The molecule has 1 unspecified atom stereocenters. The van der Waals surface area contributed by atoms with Gasteiger partial charge in [0.25, 0.3) is 5.91 Å². The van der Waals surface area contributed by atoms with Crippen LogP contribution >= 0.6 is 23.2 Å². The maximum absolute atomic E-state index is 12.4. The van der Waals surface area contributed by atoms with Crippen molar-refractivity contribution in [3.63, 3.8) is 0 Å². The van der Waals surface area contributed by atoms with E-state index < -0.39 is 11.9 Å². The Morgan fingerprint density at radius 2 is 2.09 bits per heavy atom. The van der Waals surface area contributed by atoms with E-state index in [9.17, 15) is 9.59 Å². The number of halogens is 2. The molecule has 2 heterocycles. The summed E-state index contributed by atoms with van der Waals surface area (Å²) in [5.41, 5.74) is 0.894. The zero-order valence-electron chi connectivity index (χ0n) is 11.4. The lowest BCUT2D eigenvalue weighted by atomic mass is 10.0. The highest BCUT2D eigenvalue weighted by Crippen LogP contribution is 2.36. The Bertz CT molecular complexity index is 752. The highest BCUT2D eigenvalue weighted by atomic mass is 35.5. The van der Waals surface area contributed by atoms with Gasteiger partial charge in [0.1, 0.15) is 23.1 Å². The Labute approximate surface area is 135 Å². The summed E-state index contributed by atoms with van der Waals surface area (Å²) in [6, 6.07) is 4.44. The summed E-state index contributed by atoms with van der Waals surface area (Å²) in [4.78, 5) is 23.7. The van der Waals surface area contributed by atoms with E-state index in [4.69, 9.17) is 27.7 Å². The summed E-state index contributed by atoms with van der Waals surface area (Å²) >= 11 is 12.3. The lowest BCUT2D eigenvalue weighted by Gasteiger charge is -2.26. The molecular formula is C14H11Cl2N3O3. The first kappa shape index (κ1) is 14.9. The number of carbonyl (C=O) groups excluding carboxylic acids is 2. The quantitative estimate of drug-likeness (QED) is 0.839. The number of carbonyl (C=O) groups is 2. The minimum absolute atomic E-state index is 0.217. The van der Waals surface area contributed by atoms with Gasteiger partial charge in [-0.2, -0.15) is 0 Å². The molecule has 8 heteroatoms. The van der Waals surface area contributed by atoms with Crippen molar-refractivity contribution < 1.29 is 14.1 Å². The molecule has 0 radical (unpaired) electrons. The molecule has 1 atom stereocenters. The van der Waals surface area contributed by atoms with Gasteiger partial charge in [-0.3, -0.25) is 9.59 Å². The Morgan fingerprint density at radius 1 is 1.41 bits per heavy atom. The predicted octanol–water partition coefficient (Wildman–Crippen LogP) is 2.19. The predicted molar refractivity (Wildman–Crippen MR) is 81.0 cm³/mol. The monoisotopic (exact) mass is 339 g/mol. The van der Waals surface area contributed by atoms with Gasteiger partial charge >= 0.3 is 0 Å². The van der Waals surface area contributed by atoms with Crippen LogP contribution in [0, 0.1) is 6.92 Å². The number of aromatic nitrogens is 1. The number of benzene rings is 1. The first-order chi connectivity index (χ1) is 10.5. The van der Waals surface area contributed by atoms with Gasteiger partial charge in [0.2, 0.25) is 5.91 Å². The molecule has 3 rings (SSSR count). The molecule has 2 amide bonds. The summed E-state index contributed by atoms with van der Waals surface area (Å²) < 4.78 is 5.11. The maximum atomic E-state index is 12.4. The Kier molecular flexibility index (Phi) is 3.80. The Balaban J connectivity index is 2.01. The van der Waals surface area contributed by atoms with Crippen molar-refractivity contribution >= 4 is 35.0 Å². The summed E-state index contributed by atoms with van der Waals surface area (Å²) in [6.45, 7) is 2.01. The summed E-state index contributed by atoms with van der Waals surface area (Å²) in [6.07, 6.45) is 0. The van der Waals surface area contributed by atoms with Crippen LogP contribution in [0.1, 0.15) is 16.1 Å². The molecular weight excluding hydrogens is 329 g/mol. The summed E-state index contributed by atoms with van der Waals surface area (Å²) in [5, 5.41) is 9.78. The lowest BCUT2D eigenvalue weighted by molar-refractivity contribution is -0.128. The topological polar surface area (TPSA) is 84.2 Å². The van der Waals surface area contributed by atoms with E-state index in [1.807, 2.05) is 0 Å². The molecule has 1 aliphatic rings. The van der Waals surface area contributed by atoms with Gasteiger partial charge in [-0.05, 0) is 19.1 Å². The van der Waals surface area contributed by atoms with E-state index in [-0.39, 0.29) is 17.2 Å². The van der Waals surface area contributed by atoms with Crippen molar-refractivity contribution in [3.8, 4) is 11.3 Å². The molecule has 22 heavy (non-hydrogen) atoms. The number of aryl methyl sites for hydroxylation is 1. The minimum atomic E-state index is -0.545. The van der Waals surface area contributed by atoms with E-state index in [0.717, 1.165) is 0 Å². The number of rotatable bonds is 3. The van der Waals surface area contributed by atoms with Gasteiger partial charge in [0.05, 0.1) is 10.0 Å². The van der Waals surface area contributed by atoms with Gasteiger partial charge < -0.3 is 15.2 Å². The number of β-lactam (4-membered cyclic amide) rings is 1. The maximum Gasteiger partial charge on any atom is 0.257 e. The minimum Gasteiger partial charge on any atom is -0.360 e. The molecule has 114 valence electrons.